The Morgan fingerprint density at radius 1 is 1.24 bits per heavy atom. The van der Waals surface area contributed by atoms with E-state index < -0.39 is 5.91 Å². The second kappa shape index (κ2) is 9.95. The molecule has 0 spiro atoms. The van der Waals surface area contributed by atoms with Gasteiger partial charge in [-0.2, -0.15) is 0 Å². The highest BCUT2D eigenvalue weighted by Gasteiger charge is 2.21. The third-order valence-corrected chi connectivity index (χ3v) is 7.19. The fraction of sp³-hybridized carbons (Fsp3) is 0.280. The smallest absolute Gasteiger partial charge is 0.262 e. The molecule has 1 aromatic carbocycles. The first kappa shape index (κ1) is 23.3. The van der Waals surface area contributed by atoms with Crippen molar-refractivity contribution in [3.8, 4) is 16.3 Å². The van der Waals surface area contributed by atoms with E-state index in [9.17, 15) is 4.79 Å². The van der Waals surface area contributed by atoms with Crippen LogP contribution in [0.25, 0.3) is 16.2 Å². The molecule has 0 fully saturated rings. The van der Waals surface area contributed by atoms with Crippen LogP contribution in [-0.4, -0.2) is 33.3 Å². The zero-order chi connectivity index (χ0) is 23.5. The van der Waals surface area contributed by atoms with Crippen molar-refractivity contribution < 1.29 is 9.53 Å². The Hall–Kier alpha value is -2.87. The maximum absolute atomic E-state index is 12.2. The van der Waals surface area contributed by atoms with Gasteiger partial charge in [-0.1, -0.05) is 49.7 Å². The van der Waals surface area contributed by atoms with Crippen LogP contribution in [-0.2, 0) is 6.54 Å². The van der Waals surface area contributed by atoms with Crippen molar-refractivity contribution in [2.75, 3.05) is 13.1 Å². The number of nitrogens with two attached hydrogens (primary N) is 1. The lowest BCUT2D eigenvalue weighted by molar-refractivity contribution is 0.0998. The molecule has 0 radical (unpaired) electrons. The molecular weight excluding hydrogens is 456 g/mol. The summed E-state index contributed by atoms with van der Waals surface area (Å²) in [5.74, 6) is -0.0761. The first-order valence-corrected chi connectivity index (χ1v) is 12.1. The molecule has 0 aliphatic heterocycles. The highest BCUT2D eigenvalue weighted by Crippen LogP contribution is 2.39. The summed E-state index contributed by atoms with van der Waals surface area (Å²) in [6, 6.07) is 13.5. The average molecular weight is 483 g/mol. The Bertz CT molecular complexity index is 1280. The van der Waals surface area contributed by atoms with E-state index in [1.165, 1.54) is 16.9 Å². The lowest BCUT2D eigenvalue weighted by atomic mass is 10.1. The number of aromatic nitrogens is 2. The van der Waals surface area contributed by atoms with Gasteiger partial charge in [-0.3, -0.25) is 14.1 Å². The summed E-state index contributed by atoms with van der Waals surface area (Å²) >= 11 is 7.63. The Balaban J connectivity index is 1.69. The number of benzene rings is 1. The molecule has 6 nitrogen and oxygen atoms in total. The largest absolute Gasteiger partial charge is 0.484 e. The van der Waals surface area contributed by atoms with Crippen LogP contribution in [0.3, 0.4) is 0 Å². The van der Waals surface area contributed by atoms with Gasteiger partial charge in [0, 0.05) is 29.4 Å². The Morgan fingerprint density at radius 3 is 2.70 bits per heavy atom. The van der Waals surface area contributed by atoms with Gasteiger partial charge in [0.05, 0.1) is 16.8 Å². The lowest BCUT2D eigenvalue weighted by Gasteiger charge is -2.18. The molecule has 0 saturated carbocycles. The van der Waals surface area contributed by atoms with Gasteiger partial charge in [-0.25, -0.2) is 4.98 Å². The number of carbonyl (C=O) groups excluding carboxylic acids is 1. The van der Waals surface area contributed by atoms with Crippen LogP contribution in [0.15, 0.2) is 54.9 Å². The van der Waals surface area contributed by atoms with E-state index in [-0.39, 0.29) is 6.10 Å². The van der Waals surface area contributed by atoms with E-state index in [1.54, 1.807) is 0 Å². The number of imidazole rings is 1. The van der Waals surface area contributed by atoms with Crippen molar-refractivity contribution in [2.45, 2.75) is 33.4 Å². The molecule has 3 heterocycles. The van der Waals surface area contributed by atoms with Crippen molar-refractivity contribution in [1.29, 1.82) is 0 Å². The van der Waals surface area contributed by atoms with Crippen LogP contribution in [0.5, 0.6) is 5.75 Å². The standard InChI is InChI=1S/C25H27ClN4O2S/c1-4-29(5-2)14-17-10-11-23-28-13-20(30(23)15-17)22-12-21(24(33-22)25(27)31)32-16(3)18-8-6-7-9-19(18)26/h6-13,15-16H,4-5,14H2,1-3H3,(H2,27,31). The number of hydrogen-bond acceptors (Lipinski definition) is 5. The third kappa shape index (κ3) is 4.90. The summed E-state index contributed by atoms with van der Waals surface area (Å²) in [7, 11) is 0. The quantitative estimate of drug-likeness (QED) is 0.327. The lowest BCUT2D eigenvalue weighted by Crippen LogP contribution is -2.22. The van der Waals surface area contributed by atoms with E-state index in [0.717, 1.165) is 41.4 Å². The van der Waals surface area contributed by atoms with E-state index in [0.29, 0.717) is 15.6 Å². The van der Waals surface area contributed by atoms with Gasteiger partial charge in [0.1, 0.15) is 22.4 Å². The number of amides is 1. The number of primary amides is 1. The van der Waals surface area contributed by atoms with Gasteiger partial charge < -0.3 is 10.5 Å². The second-order valence-corrected chi connectivity index (χ2v) is 9.28. The molecule has 33 heavy (non-hydrogen) atoms. The molecule has 3 aromatic heterocycles. The normalized spacial score (nSPS) is 12.4. The minimum absolute atomic E-state index is 0.345. The molecule has 2 N–H and O–H groups in total. The zero-order valence-corrected chi connectivity index (χ0v) is 20.5. The van der Waals surface area contributed by atoms with Crippen molar-refractivity contribution in [2.24, 2.45) is 5.73 Å². The van der Waals surface area contributed by atoms with Crippen LogP contribution in [0.1, 0.15) is 47.7 Å². The maximum Gasteiger partial charge on any atom is 0.262 e. The minimum atomic E-state index is -0.524. The van der Waals surface area contributed by atoms with Gasteiger partial charge >= 0.3 is 0 Å². The number of pyridine rings is 1. The van der Waals surface area contributed by atoms with Crippen molar-refractivity contribution in [3.05, 3.63) is 75.9 Å². The van der Waals surface area contributed by atoms with Crippen molar-refractivity contribution in [3.63, 3.8) is 0 Å². The molecule has 1 amide bonds. The van der Waals surface area contributed by atoms with Crippen LogP contribution < -0.4 is 10.5 Å². The molecule has 4 aromatic rings. The van der Waals surface area contributed by atoms with E-state index >= 15 is 0 Å². The highest BCUT2D eigenvalue weighted by atomic mass is 35.5. The first-order chi connectivity index (χ1) is 15.9. The molecule has 0 aliphatic rings. The van der Waals surface area contributed by atoms with Crippen molar-refractivity contribution in [1.82, 2.24) is 14.3 Å². The summed E-state index contributed by atoms with van der Waals surface area (Å²) in [4.78, 5) is 20.3. The number of carbonyl (C=O) groups is 1. The predicted molar refractivity (Wildman–Crippen MR) is 134 cm³/mol. The van der Waals surface area contributed by atoms with Gasteiger partial charge in [0.15, 0.2) is 0 Å². The molecule has 1 atom stereocenters. The average Bonchev–Trinajstić information content (AvgIpc) is 3.41. The van der Waals surface area contributed by atoms with Crippen LogP contribution in [0, 0.1) is 0 Å². The van der Waals surface area contributed by atoms with E-state index in [4.69, 9.17) is 22.1 Å². The SMILES string of the molecule is CCN(CC)Cc1ccc2ncc(-c3cc(OC(C)c4ccccc4Cl)c(C(N)=O)s3)n2c1. The number of fused-ring (bicyclic) bond motifs is 1. The topological polar surface area (TPSA) is 72.9 Å². The molecule has 4 rings (SSSR count). The zero-order valence-electron chi connectivity index (χ0n) is 18.9. The first-order valence-electron chi connectivity index (χ1n) is 10.9. The van der Waals surface area contributed by atoms with Gasteiger partial charge in [-0.05, 0) is 37.7 Å². The summed E-state index contributed by atoms with van der Waals surface area (Å²) < 4.78 is 8.21. The van der Waals surface area contributed by atoms with Crippen molar-refractivity contribution >= 4 is 34.5 Å². The van der Waals surface area contributed by atoms with Crippen LogP contribution in [0.4, 0.5) is 0 Å². The van der Waals surface area contributed by atoms with Crippen LogP contribution in [0.2, 0.25) is 5.02 Å². The molecule has 0 bridgehead atoms. The Morgan fingerprint density at radius 2 is 2.00 bits per heavy atom. The molecule has 0 saturated heterocycles. The van der Waals surface area contributed by atoms with Gasteiger partial charge in [0.25, 0.3) is 5.91 Å². The monoisotopic (exact) mass is 482 g/mol. The molecule has 0 aliphatic carbocycles. The molecular formula is C25H27ClN4O2S. The third-order valence-electron chi connectivity index (χ3n) is 5.69. The van der Waals surface area contributed by atoms with Gasteiger partial charge in [-0.15, -0.1) is 11.3 Å². The fourth-order valence-electron chi connectivity index (χ4n) is 3.82. The minimum Gasteiger partial charge on any atom is -0.484 e. The Labute approximate surface area is 202 Å². The summed E-state index contributed by atoms with van der Waals surface area (Å²) in [5.41, 5.74) is 9.46. The Kier molecular flexibility index (Phi) is 7.02. The number of ether oxygens (including phenoxy) is 1. The summed E-state index contributed by atoms with van der Waals surface area (Å²) in [5, 5.41) is 0.614. The summed E-state index contributed by atoms with van der Waals surface area (Å²) in [6.45, 7) is 9.06. The van der Waals surface area contributed by atoms with Crippen LogP contribution >= 0.6 is 22.9 Å². The number of thiophene rings is 1. The van der Waals surface area contributed by atoms with Gasteiger partial charge in [0.2, 0.25) is 0 Å². The molecule has 172 valence electrons. The number of rotatable bonds is 9. The van der Waals surface area contributed by atoms with E-state index in [1.807, 2.05) is 49.5 Å². The highest BCUT2D eigenvalue weighted by molar-refractivity contribution is 7.17. The fourth-order valence-corrected chi connectivity index (χ4v) is 5.06. The number of nitrogens with zero attached hydrogens (tertiary/aromatic N) is 3. The van der Waals surface area contributed by atoms with E-state index in [2.05, 4.69) is 40.4 Å². The number of halogens is 1. The summed E-state index contributed by atoms with van der Waals surface area (Å²) in [6.07, 6.45) is 3.57. The predicted octanol–water partition coefficient (Wildman–Crippen LogP) is 5.80. The number of hydrogen-bond donors (Lipinski definition) is 1. The second-order valence-electron chi connectivity index (χ2n) is 7.82. The molecule has 1 unspecified atom stereocenters. The maximum atomic E-state index is 12.2. The molecule has 8 heteroatoms.